The van der Waals surface area contributed by atoms with E-state index in [-0.39, 0.29) is 5.41 Å². The van der Waals surface area contributed by atoms with Crippen LogP contribution in [0.15, 0.2) is 18.2 Å². The highest BCUT2D eigenvalue weighted by atomic mass is 16.1. The van der Waals surface area contributed by atoms with Crippen molar-refractivity contribution in [1.29, 1.82) is 0 Å². The van der Waals surface area contributed by atoms with E-state index in [4.69, 9.17) is 0 Å². The molecule has 1 aliphatic rings. The van der Waals surface area contributed by atoms with Crippen molar-refractivity contribution in [2.75, 3.05) is 18.4 Å². The van der Waals surface area contributed by atoms with E-state index in [1.54, 1.807) is 0 Å². The average molecular weight is 274 g/mol. The van der Waals surface area contributed by atoms with Crippen molar-refractivity contribution in [3.63, 3.8) is 0 Å². The Morgan fingerprint density at radius 2 is 2.10 bits per heavy atom. The summed E-state index contributed by atoms with van der Waals surface area (Å²) in [6, 6.07) is 7.12. The van der Waals surface area contributed by atoms with Crippen LogP contribution >= 0.6 is 0 Å². The van der Waals surface area contributed by atoms with Gasteiger partial charge in [0.2, 0.25) is 0 Å². The molecule has 1 aromatic carbocycles. The minimum Gasteiger partial charge on any atom is -0.383 e. The van der Waals surface area contributed by atoms with Gasteiger partial charge in [-0.3, -0.25) is 4.90 Å². The third-order valence-corrected chi connectivity index (χ3v) is 3.70. The van der Waals surface area contributed by atoms with E-state index in [0.717, 1.165) is 32.3 Å². The van der Waals surface area contributed by atoms with Crippen LogP contribution in [-0.4, -0.2) is 30.3 Å². The minimum absolute atomic E-state index is 0.253. The van der Waals surface area contributed by atoms with Crippen molar-refractivity contribution in [3.8, 4) is 0 Å². The lowest BCUT2D eigenvalue weighted by Crippen LogP contribution is -2.38. The van der Waals surface area contributed by atoms with Gasteiger partial charge in [-0.25, -0.2) is 0 Å². The molecule has 0 unspecified atom stereocenters. The molecule has 1 aliphatic heterocycles. The molecular weight excluding hydrogens is 248 g/mol. The van der Waals surface area contributed by atoms with Gasteiger partial charge in [0.15, 0.2) is 0 Å². The number of nitrogens with one attached hydrogen (secondary N) is 1. The maximum Gasteiger partial charge on any atom is 0.126 e. The number of benzene rings is 1. The van der Waals surface area contributed by atoms with Gasteiger partial charge in [0.05, 0.1) is 0 Å². The van der Waals surface area contributed by atoms with E-state index < -0.39 is 0 Å². The Morgan fingerprint density at radius 1 is 1.35 bits per heavy atom. The molecule has 0 saturated heterocycles. The lowest BCUT2D eigenvalue weighted by Gasteiger charge is -2.33. The minimum atomic E-state index is -0.253. The first-order valence-corrected chi connectivity index (χ1v) is 7.47. The quantitative estimate of drug-likeness (QED) is 0.837. The van der Waals surface area contributed by atoms with Gasteiger partial charge in [-0.15, -0.1) is 0 Å². The first-order chi connectivity index (χ1) is 9.39. The standard InChI is InChI=1S/C17H26N2O/c1-13(2)18-16-6-5-15-10-19(8-7-14(15)9-16)11-17(3,4)12-20/h5-6,9,12-13,18H,7-8,10-11H2,1-4H3. The van der Waals surface area contributed by atoms with Crippen molar-refractivity contribution in [3.05, 3.63) is 29.3 Å². The Labute approximate surface area is 122 Å². The zero-order valence-corrected chi connectivity index (χ0v) is 13.1. The first-order valence-electron chi connectivity index (χ1n) is 7.47. The van der Waals surface area contributed by atoms with Gasteiger partial charge in [0, 0.05) is 36.8 Å². The summed E-state index contributed by atoms with van der Waals surface area (Å²) in [5.74, 6) is 0. The number of nitrogens with zero attached hydrogens (tertiary/aromatic N) is 1. The first kappa shape index (κ1) is 15.0. The number of fused-ring (bicyclic) bond motifs is 1. The molecule has 1 heterocycles. The fourth-order valence-electron chi connectivity index (χ4n) is 2.78. The van der Waals surface area contributed by atoms with Gasteiger partial charge in [-0.1, -0.05) is 19.9 Å². The zero-order valence-electron chi connectivity index (χ0n) is 13.1. The van der Waals surface area contributed by atoms with E-state index in [1.165, 1.54) is 16.8 Å². The summed E-state index contributed by atoms with van der Waals surface area (Å²) in [5.41, 5.74) is 3.79. The highest BCUT2D eigenvalue weighted by molar-refractivity contribution is 5.58. The van der Waals surface area contributed by atoms with Crippen LogP contribution in [-0.2, 0) is 17.8 Å². The molecule has 0 radical (unpaired) electrons. The maximum atomic E-state index is 11.1. The lowest BCUT2D eigenvalue weighted by molar-refractivity contribution is -0.115. The number of aldehydes is 1. The van der Waals surface area contributed by atoms with Crippen LogP contribution in [0.2, 0.25) is 0 Å². The molecule has 1 aromatic rings. The predicted molar refractivity (Wildman–Crippen MR) is 84.0 cm³/mol. The molecule has 1 N–H and O–H groups in total. The zero-order chi connectivity index (χ0) is 14.8. The monoisotopic (exact) mass is 274 g/mol. The second kappa shape index (κ2) is 5.96. The van der Waals surface area contributed by atoms with Crippen molar-refractivity contribution in [2.45, 2.75) is 46.7 Å². The van der Waals surface area contributed by atoms with Crippen molar-refractivity contribution in [1.82, 2.24) is 4.90 Å². The molecule has 0 spiro atoms. The molecule has 0 fully saturated rings. The van der Waals surface area contributed by atoms with E-state index in [2.05, 4.69) is 42.3 Å². The third-order valence-electron chi connectivity index (χ3n) is 3.70. The summed E-state index contributed by atoms with van der Waals surface area (Å²) >= 11 is 0. The van der Waals surface area contributed by atoms with Gasteiger partial charge in [-0.2, -0.15) is 0 Å². The number of hydrogen-bond donors (Lipinski definition) is 1. The summed E-state index contributed by atoms with van der Waals surface area (Å²) in [6.07, 6.45) is 2.13. The normalized spacial score (nSPS) is 16.1. The summed E-state index contributed by atoms with van der Waals surface area (Å²) in [6.45, 7) is 11.1. The predicted octanol–water partition coefficient (Wildman–Crippen LogP) is 3.09. The smallest absolute Gasteiger partial charge is 0.126 e. The van der Waals surface area contributed by atoms with Crippen LogP contribution in [0, 0.1) is 5.41 Å². The average Bonchev–Trinajstić information content (AvgIpc) is 2.38. The fraction of sp³-hybridized carbons (Fsp3) is 0.588. The second-order valence-corrected chi connectivity index (χ2v) is 6.85. The van der Waals surface area contributed by atoms with Gasteiger partial charge >= 0.3 is 0 Å². The van der Waals surface area contributed by atoms with Crippen LogP contribution in [0.25, 0.3) is 0 Å². The van der Waals surface area contributed by atoms with Crippen molar-refractivity contribution < 1.29 is 4.79 Å². The Balaban J connectivity index is 2.06. The lowest BCUT2D eigenvalue weighted by atomic mass is 9.92. The summed E-state index contributed by atoms with van der Waals surface area (Å²) in [4.78, 5) is 13.4. The molecule has 110 valence electrons. The van der Waals surface area contributed by atoms with Gasteiger partial charge < -0.3 is 10.1 Å². The Morgan fingerprint density at radius 3 is 2.75 bits per heavy atom. The molecule has 3 heteroatoms. The Bertz CT molecular complexity index is 480. The second-order valence-electron chi connectivity index (χ2n) is 6.85. The van der Waals surface area contributed by atoms with Gasteiger partial charge in [0.1, 0.15) is 6.29 Å². The molecule has 0 atom stereocenters. The largest absolute Gasteiger partial charge is 0.383 e. The van der Waals surface area contributed by atoms with Crippen molar-refractivity contribution in [2.24, 2.45) is 5.41 Å². The third kappa shape index (κ3) is 3.83. The van der Waals surface area contributed by atoms with Gasteiger partial charge in [-0.05, 0) is 43.5 Å². The van der Waals surface area contributed by atoms with E-state index >= 15 is 0 Å². The fourth-order valence-corrected chi connectivity index (χ4v) is 2.78. The number of carbonyl (C=O) groups excluding carboxylic acids is 1. The maximum absolute atomic E-state index is 11.1. The Kier molecular flexibility index (Phi) is 4.48. The van der Waals surface area contributed by atoms with E-state index in [0.29, 0.717) is 6.04 Å². The summed E-state index contributed by atoms with van der Waals surface area (Å²) in [7, 11) is 0. The Hall–Kier alpha value is -1.35. The van der Waals surface area contributed by atoms with Crippen LogP contribution in [0.4, 0.5) is 5.69 Å². The summed E-state index contributed by atoms with van der Waals surface area (Å²) in [5, 5.41) is 3.45. The van der Waals surface area contributed by atoms with Crippen LogP contribution < -0.4 is 5.32 Å². The van der Waals surface area contributed by atoms with Crippen LogP contribution in [0.3, 0.4) is 0 Å². The SMILES string of the molecule is CC(C)Nc1ccc2c(c1)CCN(CC(C)(C)C=O)C2. The molecule has 20 heavy (non-hydrogen) atoms. The van der Waals surface area contributed by atoms with E-state index in [9.17, 15) is 4.79 Å². The number of anilines is 1. The molecular formula is C17H26N2O. The molecule has 0 bridgehead atoms. The topological polar surface area (TPSA) is 32.3 Å². The van der Waals surface area contributed by atoms with Crippen LogP contribution in [0.5, 0.6) is 0 Å². The molecule has 0 amide bonds. The molecule has 0 aromatic heterocycles. The highest BCUT2D eigenvalue weighted by Crippen LogP contribution is 2.25. The summed E-state index contributed by atoms with van der Waals surface area (Å²) < 4.78 is 0. The number of rotatable bonds is 5. The van der Waals surface area contributed by atoms with Crippen LogP contribution in [0.1, 0.15) is 38.8 Å². The molecule has 0 aliphatic carbocycles. The number of hydrogen-bond acceptors (Lipinski definition) is 3. The highest BCUT2D eigenvalue weighted by Gasteiger charge is 2.24. The molecule has 2 rings (SSSR count). The van der Waals surface area contributed by atoms with E-state index in [1.807, 2.05) is 13.8 Å². The molecule has 3 nitrogen and oxygen atoms in total. The number of carbonyl (C=O) groups is 1. The van der Waals surface area contributed by atoms with Crippen molar-refractivity contribution >= 4 is 12.0 Å². The van der Waals surface area contributed by atoms with Gasteiger partial charge in [0.25, 0.3) is 0 Å². The molecule has 0 saturated carbocycles.